The second-order valence-corrected chi connectivity index (χ2v) is 5.04. The van der Waals surface area contributed by atoms with Gasteiger partial charge in [0.25, 0.3) is 5.91 Å². The molecule has 1 aliphatic carbocycles. The molecule has 0 atom stereocenters. The largest absolute Gasteiger partial charge is 0.481 e. The van der Waals surface area contributed by atoms with E-state index in [9.17, 15) is 9.59 Å². The maximum Gasteiger partial charge on any atom is 0.307 e. The quantitative estimate of drug-likeness (QED) is 0.773. The molecule has 3 rings (SSSR count). The van der Waals surface area contributed by atoms with Crippen LogP contribution in [-0.2, 0) is 11.2 Å². The maximum atomic E-state index is 12.0. The number of aromatic nitrogens is 3. The molecule has 7 nitrogen and oxygen atoms in total. The summed E-state index contributed by atoms with van der Waals surface area (Å²) in [5, 5.41) is 18.1. The van der Waals surface area contributed by atoms with Crippen molar-refractivity contribution in [1.29, 1.82) is 0 Å². The third-order valence-electron chi connectivity index (χ3n) is 3.21. The first kappa shape index (κ1) is 13.3. The van der Waals surface area contributed by atoms with Crippen LogP contribution >= 0.6 is 0 Å². The first-order valence-electron chi connectivity index (χ1n) is 6.66. The number of amides is 1. The van der Waals surface area contributed by atoms with Crippen molar-refractivity contribution in [3.63, 3.8) is 0 Å². The number of carbonyl (C=O) groups excluding carboxylic acids is 1. The molecule has 1 saturated carbocycles. The Hall–Kier alpha value is -2.70. The second-order valence-electron chi connectivity index (χ2n) is 5.04. The van der Waals surface area contributed by atoms with Gasteiger partial charge < -0.3 is 10.4 Å². The Morgan fingerprint density at radius 3 is 2.90 bits per heavy atom. The van der Waals surface area contributed by atoms with Crippen molar-refractivity contribution in [2.24, 2.45) is 0 Å². The number of H-pyrrole nitrogens is 1. The van der Waals surface area contributed by atoms with Crippen LogP contribution in [0.2, 0.25) is 0 Å². The number of aromatic amines is 1. The van der Waals surface area contributed by atoms with Gasteiger partial charge in [0, 0.05) is 11.6 Å². The lowest BCUT2D eigenvalue weighted by molar-refractivity contribution is -0.136. The lowest BCUT2D eigenvalue weighted by Gasteiger charge is -2.04. The van der Waals surface area contributed by atoms with Gasteiger partial charge in [-0.1, -0.05) is 12.1 Å². The molecule has 3 N–H and O–H groups in total. The van der Waals surface area contributed by atoms with Gasteiger partial charge in [0.2, 0.25) is 5.82 Å². The Labute approximate surface area is 120 Å². The zero-order valence-corrected chi connectivity index (χ0v) is 11.2. The van der Waals surface area contributed by atoms with E-state index in [2.05, 4.69) is 20.5 Å². The number of rotatable bonds is 5. The van der Waals surface area contributed by atoms with Gasteiger partial charge >= 0.3 is 5.97 Å². The molecule has 0 aliphatic heterocycles. The number of nitrogens with one attached hydrogen (secondary N) is 2. The summed E-state index contributed by atoms with van der Waals surface area (Å²) in [7, 11) is 0. The van der Waals surface area contributed by atoms with E-state index in [0.29, 0.717) is 17.2 Å². The Kier molecular flexibility index (Phi) is 3.39. The molecule has 1 aromatic heterocycles. The van der Waals surface area contributed by atoms with E-state index < -0.39 is 11.9 Å². The molecule has 2 aromatic rings. The number of anilines is 1. The molecule has 108 valence electrons. The molecule has 1 aliphatic rings. The van der Waals surface area contributed by atoms with Crippen molar-refractivity contribution in [3.05, 3.63) is 41.5 Å². The number of carbonyl (C=O) groups is 2. The predicted octanol–water partition coefficient (Wildman–Crippen LogP) is 1.56. The predicted molar refractivity (Wildman–Crippen MR) is 74.1 cm³/mol. The van der Waals surface area contributed by atoms with Gasteiger partial charge in [0.05, 0.1) is 6.42 Å². The highest BCUT2D eigenvalue weighted by atomic mass is 16.4. The molecule has 0 radical (unpaired) electrons. The summed E-state index contributed by atoms with van der Waals surface area (Å²) in [6, 6.07) is 6.71. The van der Waals surface area contributed by atoms with Crippen molar-refractivity contribution >= 4 is 17.6 Å². The highest BCUT2D eigenvalue weighted by molar-refractivity contribution is 6.01. The molecule has 0 spiro atoms. The van der Waals surface area contributed by atoms with E-state index in [0.717, 1.165) is 18.7 Å². The van der Waals surface area contributed by atoms with Crippen LogP contribution in [0.15, 0.2) is 24.3 Å². The molecule has 0 bridgehead atoms. The van der Waals surface area contributed by atoms with Crippen LogP contribution in [0, 0.1) is 0 Å². The fourth-order valence-corrected chi connectivity index (χ4v) is 2.04. The third-order valence-corrected chi connectivity index (χ3v) is 3.21. The molecule has 7 heteroatoms. The fourth-order valence-electron chi connectivity index (χ4n) is 2.04. The lowest BCUT2D eigenvalue weighted by Crippen LogP contribution is -2.14. The summed E-state index contributed by atoms with van der Waals surface area (Å²) in [6.07, 6.45) is 2.07. The summed E-state index contributed by atoms with van der Waals surface area (Å²) in [4.78, 5) is 26.9. The Bertz CT molecular complexity index is 691. The number of nitrogens with zero attached hydrogens (tertiary/aromatic N) is 2. The summed E-state index contributed by atoms with van der Waals surface area (Å²) in [6.45, 7) is 0. The first-order valence-corrected chi connectivity index (χ1v) is 6.66. The minimum Gasteiger partial charge on any atom is -0.481 e. The highest BCUT2D eigenvalue weighted by Crippen LogP contribution is 2.37. The number of carboxylic acids is 1. The SMILES string of the molecule is O=C(O)Cc1cccc(NC(=O)c2n[nH]c(C3CC3)n2)c1. The van der Waals surface area contributed by atoms with Gasteiger partial charge in [-0.3, -0.25) is 14.7 Å². The van der Waals surface area contributed by atoms with Crippen LogP contribution in [0.4, 0.5) is 5.69 Å². The van der Waals surface area contributed by atoms with Crippen LogP contribution in [-0.4, -0.2) is 32.2 Å². The highest BCUT2D eigenvalue weighted by Gasteiger charge is 2.28. The van der Waals surface area contributed by atoms with Crippen LogP contribution < -0.4 is 5.32 Å². The minimum absolute atomic E-state index is 0.0871. The monoisotopic (exact) mass is 286 g/mol. The van der Waals surface area contributed by atoms with Crippen LogP contribution in [0.5, 0.6) is 0 Å². The summed E-state index contributed by atoms with van der Waals surface area (Å²) in [5.74, 6) is -0.0783. The van der Waals surface area contributed by atoms with Crippen LogP contribution in [0.3, 0.4) is 0 Å². The normalized spacial score (nSPS) is 13.9. The van der Waals surface area contributed by atoms with Gasteiger partial charge in [-0.25, -0.2) is 4.98 Å². The summed E-state index contributed by atoms with van der Waals surface area (Å²) in [5.41, 5.74) is 1.14. The number of aliphatic carboxylic acids is 1. The van der Waals surface area contributed by atoms with Crippen molar-refractivity contribution in [2.75, 3.05) is 5.32 Å². The van der Waals surface area contributed by atoms with Gasteiger partial charge in [0.15, 0.2) is 0 Å². The van der Waals surface area contributed by atoms with Crippen molar-refractivity contribution in [1.82, 2.24) is 15.2 Å². The fraction of sp³-hybridized carbons (Fsp3) is 0.286. The zero-order chi connectivity index (χ0) is 14.8. The van der Waals surface area contributed by atoms with E-state index in [4.69, 9.17) is 5.11 Å². The molecule has 1 aromatic carbocycles. The van der Waals surface area contributed by atoms with E-state index in [-0.39, 0.29) is 12.2 Å². The van der Waals surface area contributed by atoms with E-state index in [1.807, 2.05) is 0 Å². The number of hydrogen-bond donors (Lipinski definition) is 3. The molecule has 0 saturated heterocycles. The average Bonchev–Trinajstić information content (AvgIpc) is 3.16. The molecular formula is C14H14N4O3. The summed E-state index contributed by atoms with van der Waals surface area (Å²) >= 11 is 0. The van der Waals surface area contributed by atoms with E-state index >= 15 is 0 Å². The maximum absolute atomic E-state index is 12.0. The lowest BCUT2D eigenvalue weighted by atomic mass is 10.1. The molecule has 1 fully saturated rings. The van der Waals surface area contributed by atoms with E-state index in [1.165, 1.54) is 0 Å². The topological polar surface area (TPSA) is 108 Å². The molecule has 21 heavy (non-hydrogen) atoms. The van der Waals surface area contributed by atoms with Gasteiger partial charge in [-0.15, -0.1) is 5.10 Å². The van der Waals surface area contributed by atoms with Crippen LogP contribution in [0.25, 0.3) is 0 Å². The molecule has 1 heterocycles. The number of benzene rings is 1. The van der Waals surface area contributed by atoms with Crippen molar-refractivity contribution in [2.45, 2.75) is 25.2 Å². The Balaban J connectivity index is 1.69. The second kappa shape index (κ2) is 5.35. The first-order chi connectivity index (χ1) is 10.1. The van der Waals surface area contributed by atoms with Gasteiger partial charge in [-0.05, 0) is 30.5 Å². The van der Waals surface area contributed by atoms with Gasteiger partial charge in [-0.2, -0.15) is 0 Å². The molecular weight excluding hydrogens is 272 g/mol. The summed E-state index contributed by atoms with van der Waals surface area (Å²) < 4.78 is 0. The Morgan fingerprint density at radius 1 is 1.38 bits per heavy atom. The van der Waals surface area contributed by atoms with Crippen LogP contribution in [0.1, 0.15) is 40.8 Å². The minimum atomic E-state index is -0.915. The third kappa shape index (κ3) is 3.25. The molecule has 0 unspecified atom stereocenters. The Morgan fingerprint density at radius 2 is 2.19 bits per heavy atom. The van der Waals surface area contributed by atoms with Gasteiger partial charge in [0.1, 0.15) is 5.82 Å². The van der Waals surface area contributed by atoms with Crippen molar-refractivity contribution < 1.29 is 14.7 Å². The zero-order valence-electron chi connectivity index (χ0n) is 11.2. The standard InChI is InChI=1S/C14H14N4O3/c19-11(20)7-8-2-1-3-10(6-8)15-14(21)13-16-12(17-18-13)9-4-5-9/h1-3,6,9H,4-5,7H2,(H,15,21)(H,19,20)(H,16,17,18). The van der Waals surface area contributed by atoms with Crippen molar-refractivity contribution in [3.8, 4) is 0 Å². The molecule has 1 amide bonds. The average molecular weight is 286 g/mol. The van der Waals surface area contributed by atoms with E-state index in [1.54, 1.807) is 24.3 Å². The number of carboxylic acid groups (broad SMARTS) is 1. The number of hydrogen-bond acceptors (Lipinski definition) is 4. The smallest absolute Gasteiger partial charge is 0.307 e.